The maximum atomic E-state index is 8.47. The van der Waals surface area contributed by atoms with Crippen LogP contribution >= 0.6 is 0 Å². The highest BCUT2D eigenvalue weighted by atomic mass is 16.7. The number of rotatable bonds is 6. The molecule has 0 aliphatic heterocycles. The Balaban J connectivity index is 2.97. The Bertz CT molecular complexity index is 65.9. The minimum absolute atomic E-state index is 0.0940. The van der Waals surface area contributed by atoms with E-state index in [2.05, 4.69) is 0 Å². The third-order valence-electron chi connectivity index (χ3n) is 1.18. The molecule has 0 bridgehead atoms. The predicted molar refractivity (Wildman–Crippen MR) is 38.7 cm³/mol. The average molecular weight is 148 g/mol. The molecular formula is C7H16O3. The molecule has 0 heterocycles. The predicted octanol–water partition coefficient (Wildman–Crippen LogP) is 0.768. The van der Waals surface area contributed by atoms with Crippen LogP contribution in [0, 0.1) is 0 Å². The first-order valence-electron chi connectivity index (χ1n) is 3.61. The summed E-state index contributed by atoms with van der Waals surface area (Å²) < 4.78 is 10.1. The fraction of sp³-hybridized carbons (Fsp3) is 1.00. The van der Waals surface area contributed by atoms with Gasteiger partial charge in [-0.2, -0.15) is 0 Å². The van der Waals surface area contributed by atoms with Crippen molar-refractivity contribution in [2.45, 2.75) is 26.4 Å². The topological polar surface area (TPSA) is 38.7 Å². The van der Waals surface area contributed by atoms with Crippen LogP contribution in [0.1, 0.15) is 20.3 Å². The van der Waals surface area contributed by atoms with Crippen LogP contribution in [0.2, 0.25) is 0 Å². The highest BCUT2D eigenvalue weighted by Gasteiger charge is 1.98. The number of ether oxygens (including phenoxy) is 2. The van der Waals surface area contributed by atoms with E-state index in [9.17, 15) is 0 Å². The third kappa shape index (κ3) is 6.01. The van der Waals surface area contributed by atoms with Crippen LogP contribution in [-0.4, -0.2) is 31.2 Å². The molecule has 1 unspecified atom stereocenters. The second-order valence-corrected chi connectivity index (χ2v) is 2.10. The second kappa shape index (κ2) is 6.99. The minimum atomic E-state index is 0.0940. The van der Waals surface area contributed by atoms with Crippen LogP contribution in [0.25, 0.3) is 0 Å². The van der Waals surface area contributed by atoms with Gasteiger partial charge in [0, 0.05) is 13.2 Å². The van der Waals surface area contributed by atoms with Gasteiger partial charge in [-0.25, -0.2) is 0 Å². The third-order valence-corrected chi connectivity index (χ3v) is 1.18. The van der Waals surface area contributed by atoms with E-state index in [0.717, 1.165) is 0 Å². The summed E-state index contributed by atoms with van der Waals surface area (Å²) in [5, 5.41) is 8.47. The first-order chi connectivity index (χ1) is 4.81. The van der Waals surface area contributed by atoms with Crippen LogP contribution in [0.4, 0.5) is 0 Å². The quantitative estimate of drug-likeness (QED) is 0.446. The first-order valence-corrected chi connectivity index (χ1v) is 3.61. The molecule has 1 atom stereocenters. The molecule has 0 aliphatic carbocycles. The van der Waals surface area contributed by atoms with Gasteiger partial charge in [-0.3, -0.25) is 0 Å². The molecule has 1 N–H and O–H groups in total. The van der Waals surface area contributed by atoms with Gasteiger partial charge in [-0.15, -0.1) is 0 Å². The van der Waals surface area contributed by atoms with Crippen molar-refractivity contribution >= 4 is 0 Å². The van der Waals surface area contributed by atoms with Gasteiger partial charge in [0.25, 0.3) is 0 Å². The summed E-state index contributed by atoms with van der Waals surface area (Å²) in [6, 6.07) is 0. The molecule has 0 radical (unpaired) electrons. The van der Waals surface area contributed by atoms with E-state index in [0.29, 0.717) is 19.8 Å². The van der Waals surface area contributed by atoms with Crippen LogP contribution < -0.4 is 0 Å². The molecule has 0 fully saturated rings. The summed E-state index contributed by atoms with van der Waals surface area (Å²) in [5.41, 5.74) is 0. The summed E-state index contributed by atoms with van der Waals surface area (Å²) in [4.78, 5) is 0. The largest absolute Gasteiger partial charge is 0.396 e. The number of hydrogen-bond acceptors (Lipinski definition) is 3. The van der Waals surface area contributed by atoms with Crippen LogP contribution in [-0.2, 0) is 9.47 Å². The summed E-state index contributed by atoms with van der Waals surface area (Å²) in [7, 11) is 0. The molecule has 62 valence electrons. The molecule has 0 rings (SSSR count). The number of hydrogen-bond donors (Lipinski definition) is 1. The minimum Gasteiger partial charge on any atom is -0.396 e. The van der Waals surface area contributed by atoms with Crippen LogP contribution in [0.3, 0.4) is 0 Å². The lowest BCUT2D eigenvalue weighted by molar-refractivity contribution is -0.0850. The Labute approximate surface area is 62.0 Å². The van der Waals surface area contributed by atoms with E-state index in [4.69, 9.17) is 14.6 Å². The van der Waals surface area contributed by atoms with Gasteiger partial charge in [0.15, 0.2) is 0 Å². The Hall–Kier alpha value is -0.120. The summed E-state index contributed by atoms with van der Waals surface area (Å²) in [6.45, 7) is 5.01. The molecule has 3 heteroatoms. The van der Waals surface area contributed by atoms with Crippen molar-refractivity contribution in [2.24, 2.45) is 0 Å². The van der Waals surface area contributed by atoms with Crippen molar-refractivity contribution in [1.82, 2.24) is 0 Å². The van der Waals surface area contributed by atoms with Gasteiger partial charge >= 0.3 is 0 Å². The Kier molecular flexibility index (Phi) is 6.91. The lowest BCUT2D eigenvalue weighted by atomic mass is 10.3. The van der Waals surface area contributed by atoms with E-state index in [1.165, 1.54) is 0 Å². The van der Waals surface area contributed by atoms with Gasteiger partial charge in [-0.05, 0) is 20.3 Å². The van der Waals surface area contributed by atoms with Gasteiger partial charge in [0.1, 0.15) is 6.79 Å². The van der Waals surface area contributed by atoms with E-state index in [-0.39, 0.29) is 12.7 Å². The molecular weight excluding hydrogens is 132 g/mol. The Morgan fingerprint density at radius 1 is 1.50 bits per heavy atom. The van der Waals surface area contributed by atoms with Crippen LogP contribution in [0.15, 0.2) is 0 Å². The van der Waals surface area contributed by atoms with E-state index in [1.807, 2.05) is 13.8 Å². The van der Waals surface area contributed by atoms with Gasteiger partial charge in [0.05, 0.1) is 6.10 Å². The number of aliphatic hydroxyl groups excluding tert-OH is 1. The van der Waals surface area contributed by atoms with Crippen molar-refractivity contribution in [2.75, 3.05) is 20.0 Å². The lowest BCUT2D eigenvalue weighted by Gasteiger charge is -2.10. The van der Waals surface area contributed by atoms with Crippen molar-refractivity contribution in [1.29, 1.82) is 0 Å². The molecule has 0 saturated heterocycles. The Morgan fingerprint density at radius 3 is 2.70 bits per heavy atom. The molecule has 0 aromatic heterocycles. The van der Waals surface area contributed by atoms with E-state index in [1.54, 1.807) is 0 Å². The zero-order valence-electron chi connectivity index (χ0n) is 6.67. The van der Waals surface area contributed by atoms with Crippen molar-refractivity contribution in [3.63, 3.8) is 0 Å². The van der Waals surface area contributed by atoms with Gasteiger partial charge in [0.2, 0.25) is 0 Å². The zero-order valence-corrected chi connectivity index (χ0v) is 6.67. The van der Waals surface area contributed by atoms with E-state index >= 15 is 0 Å². The molecule has 10 heavy (non-hydrogen) atoms. The van der Waals surface area contributed by atoms with Crippen LogP contribution in [0.5, 0.6) is 0 Å². The SMILES string of the molecule is CCOCOC(C)CCO. The highest BCUT2D eigenvalue weighted by Crippen LogP contribution is 1.95. The maximum absolute atomic E-state index is 8.47. The smallest absolute Gasteiger partial charge is 0.147 e. The molecule has 0 saturated carbocycles. The molecule has 0 amide bonds. The van der Waals surface area contributed by atoms with Crippen molar-refractivity contribution < 1.29 is 14.6 Å². The van der Waals surface area contributed by atoms with Gasteiger partial charge in [-0.1, -0.05) is 0 Å². The Morgan fingerprint density at radius 2 is 2.20 bits per heavy atom. The summed E-state index contributed by atoms with van der Waals surface area (Å²) >= 11 is 0. The normalized spacial score (nSPS) is 13.5. The number of aliphatic hydroxyl groups is 1. The van der Waals surface area contributed by atoms with E-state index < -0.39 is 0 Å². The molecule has 0 aromatic carbocycles. The highest BCUT2D eigenvalue weighted by molar-refractivity contribution is 4.45. The van der Waals surface area contributed by atoms with Crippen molar-refractivity contribution in [3.8, 4) is 0 Å². The second-order valence-electron chi connectivity index (χ2n) is 2.10. The molecule has 0 aliphatic rings. The summed E-state index contributed by atoms with van der Waals surface area (Å²) in [5.74, 6) is 0. The van der Waals surface area contributed by atoms with Crippen molar-refractivity contribution in [3.05, 3.63) is 0 Å². The average Bonchev–Trinajstić information content (AvgIpc) is 1.89. The van der Waals surface area contributed by atoms with Gasteiger partial charge < -0.3 is 14.6 Å². The lowest BCUT2D eigenvalue weighted by Crippen LogP contribution is -2.12. The zero-order chi connectivity index (χ0) is 7.82. The monoisotopic (exact) mass is 148 g/mol. The maximum Gasteiger partial charge on any atom is 0.147 e. The molecule has 3 nitrogen and oxygen atoms in total. The fourth-order valence-corrected chi connectivity index (χ4v) is 0.513. The fourth-order valence-electron chi connectivity index (χ4n) is 0.513. The first kappa shape index (κ1) is 9.88. The molecule has 0 aromatic rings. The molecule has 0 spiro atoms. The summed E-state index contributed by atoms with van der Waals surface area (Å²) in [6.07, 6.45) is 0.768. The standard InChI is InChI=1S/C7H16O3/c1-3-9-6-10-7(2)4-5-8/h7-8H,3-6H2,1-2H3.